The molecule has 112 valence electrons. The average molecular weight is 397 g/mol. The third kappa shape index (κ3) is 2.77. The summed E-state index contributed by atoms with van der Waals surface area (Å²) >= 11 is 9.69. The molecule has 2 heterocycles. The van der Waals surface area contributed by atoms with E-state index < -0.39 is 5.97 Å². The van der Waals surface area contributed by atoms with Crippen LogP contribution in [-0.2, 0) is 11.3 Å². The van der Waals surface area contributed by atoms with Crippen LogP contribution in [0.2, 0.25) is 0 Å². The molecule has 22 heavy (non-hydrogen) atoms. The van der Waals surface area contributed by atoms with Crippen molar-refractivity contribution in [1.29, 1.82) is 0 Å². The first-order valence-electron chi connectivity index (χ1n) is 6.16. The van der Waals surface area contributed by atoms with Gasteiger partial charge in [0.05, 0.1) is 10.6 Å². The predicted octanol–water partition coefficient (Wildman–Crippen LogP) is 4.09. The lowest BCUT2D eigenvalue weighted by atomic mass is 10.1. The maximum absolute atomic E-state index is 10.8. The molecule has 3 rings (SSSR count). The molecule has 0 bridgehead atoms. The molecule has 1 aliphatic heterocycles. The number of aromatic nitrogens is 1. The van der Waals surface area contributed by atoms with Crippen LogP contribution < -0.4 is 0 Å². The van der Waals surface area contributed by atoms with E-state index >= 15 is 0 Å². The van der Waals surface area contributed by atoms with E-state index in [1.54, 1.807) is 12.3 Å². The molecule has 0 atom stereocenters. The van der Waals surface area contributed by atoms with Gasteiger partial charge in [-0.3, -0.25) is 14.4 Å². The van der Waals surface area contributed by atoms with Crippen LogP contribution in [-0.4, -0.2) is 27.0 Å². The number of carboxylic acid groups (broad SMARTS) is 1. The summed E-state index contributed by atoms with van der Waals surface area (Å²) in [7, 11) is 0. The quantitative estimate of drug-likeness (QED) is 0.766. The van der Waals surface area contributed by atoms with Crippen molar-refractivity contribution in [3.05, 3.63) is 37.1 Å². The molecule has 0 unspecified atom stereocenters. The molecule has 1 aromatic carbocycles. The average Bonchev–Trinajstić information content (AvgIpc) is 2.95. The monoisotopic (exact) mass is 396 g/mol. The molecular weight excluding hydrogens is 388 g/mol. The van der Waals surface area contributed by atoms with Crippen LogP contribution in [0.15, 0.2) is 27.7 Å². The van der Waals surface area contributed by atoms with E-state index in [0.717, 1.165) is 32.6 Å². The Bertz CT molecular complexity index is 896. The van der Waals surface area contributed by atoms with Crippen LogP contribution in [0.5, 0.6) is 5.88 Å². The highest BCUT2D eigenvalue weighted by Crippen LogP contribution is 2.37. The topological polar surface area (TPSA) is 74.8 Å². The van der Waals surface area contributed by atoms with Crippen molar-refractivity contribution in [2.45, 2.75) is 6.54 Å². The maximum atomic E-state index is 10.8. The summed E-state index contributed by atoms with van der Waals surface area (Å²) < 4.78 is 2.45. The summed E-state index contributed by atoms with van der Waals surface area (Å²) in [5, 5.41) is 19.0. The fourth-order valence-corrected chi connectivity index (χ4v) is 3.72. The lowest BCUT2D eigenvalue weighted by Gasteiger charge is -2.01. The van der Waals surface area contributed by atoms with Gasteiger partial charge in [-0.1, -0.05) is 15.9 Å². The molecule has 0 radical (unpaired) electrons. The number of aliphatic imine (C=N–C) groups is 1. The van der Waals surface area contributed by atoms with Crippen LogP contribution in [0.3, 0.4) is 0 Å². The van der Waals surface area contributed by atoms with Crippen LogP contribution >= 0.6 is 39.5 Å². The Balaban J connectivity index is 2.05. The number of fused-ring (bicyclic) bond motifs is 1. The van der Waals surface area contributed by atoms with Gasteiger partial charge in [0.1, 0.15) is 6.54 Å². The number of aliphatic carboxylic acids is 1. The van der Waals surface area contributed by atoms with Crippen molar-refractivity contribution in [2.75, 3.05) is 0 Å². The zero-order chi connectivity index (χ0) is 15.9. The van der Waals surface area contributed by atoms with E-state index in [1.807, 2.05) is 18.2 Å². The molecule has 0 aliphatic carbocycles. The third-order valence-electron chi connectivity index (χ3n) is 3.09. The number of nitrogens with zero attached hydrogens (tertiary/aromatic N) is 2. The summed E-state index contributed by atoms with van der Waals surface area (Å²) in [6.45, 7) is -0.361. The number of carbonyl (C=O) groups is 1. The summed E-state index contributed by atoms with van der Waals surface area (Å²) in [5.41, 5.74) is 2.63. The van der Waals surface area contributed by atoms with Gasteiger partial charge >= 0.3 is 5.97 Å². The third-order valence-corrected chi connectivity index (χ3v) is 4.96. The van der Waals surface area contributed by atoms with Gasteiger partial charge in [0.2, 0.25) is 5.88 Å². The minimum absolute atomic E-state index is 0.137. The number of hydrogen-bond acceptors (Lipinski definition) is 5. The van der Waals surface area contributed by atoms with E-state index in [9.17, 15) is 9.90 Å². The number of allylic oxidation sites excluding steroid dienone is 1. The van der Waals surface area contributed by atoms with E-state index in [1.165, 1.54) is 4.57 Å². The minimum atomic E-state index is -1.06. The predicted molar refractivity (Wildman–Crippen MR) is 92.6 cm³/mol. The van der Waals surface area contributed by atoms with E-state index in [-0.39, 0.29) is 12.4 Å². The van der Waals surface area contributed by atoms with E-state index in [4.69, 9.17) is 17.3 Å². The largest absolute Gasteiger partial charge is 0.493 e. The number of rotatable bonds is 3. The fourth-order valence-electron chi connectivity index (χ4n) is 2.10. The van der Waals surface area contributed by atoms with Crippen molar-refractivity contribution in [2.24, 2.45) is 4.99 Å². The number of carboxylic acids is 1. The Labute approximate surface area is 143 Å². The zero-order valence-electron chi connectivity index (χ0n) is 11.0. The summed E-state index contributed by atoms with van der Waals surface area (Å²) in [6.07, 6.45) is 3.47. The van der Waals surface area contributed by atoms with Crippen LogP contribution in [0.25, 0.3) is 11.6 Å². The van der Waals surface area contributed by atoms with Gasteiger partial charge in [0.15, 0.2) is 3.95 Å². The lowest BCUT2D eigenvalue weighted by molar-refractivity contribution is -0.137. The van der Waals surface area contributed by atoms with Gasteiger partial charge in [0, 0.05) is 21.8 Å². The number of halogens is 1. The molecule has 1 aliphatic rings. The number of hydrogen-bond donors (Lipinski definition) is 2. The highest BCUT2D eigenvalue weighted by Gasteiger charge is 2.16. The summed E-state index contributed by atoms with van der Waals surface area (Å²) in [5.74, 6) is -1.19. The number of thiazole rings is 1. The fraction of sp³-hybridized carbons (Fsp3) is 0.0714. The van der Waals surface area contributed by atoms with Crippen molar-refractivity contribution in [3.63, 3.8) is 0 Å². The first kappa shape index (κ1) is 15.1. The highest BCUT2D eigenvalue weighted by atomic mass is 79.9. The van der Waals surface area contributed by atoms with Crippen molar-refractivity contribution in [1.82, 2.24) is 4.57 Å². The molecule has 1 aromatic heterocycles. The van der Waals surface area contributed by atoms with Gasteiger partial charge in [-0.15, -0.1) is 11.3 Å². The molecule has 2 aromatic rings. The van der Waals surface area contributed by atoms with Crippen molar-refractivity contribution < 1.29 is 15.0 Å². The van der Waals surface area contributed by atoms with Crippen molar-refractivity contribution >= 4 is 69.0 Å². The standard InChI is InChI=1S/C14H9BrN2O3S2/c15-8-1-2-10-9(4-8)7(5-16-10)3-11-13(20)17(6-12(18)19)14(21)22-11/h1-5,20H,6H2,(H,18,19)/b7-3-. The Morgan fingerprint density at radius 1 is 1.50 bits per heavy atom. The minimum Gasteiger partial charge on any atom is -0.493 e. The van der Waals surface area contributed by atoms with Gasteiger partial charge in [-0.25, -0.2) is 0 Å². The summed E-state index contributed by atoms with van der Waals surface area (Å²) in [6, 6.07) is 5.75. The molecule has 0 saturated carbocycles. The van der Waals surface area contributed by atoms with Crippen LogP contribution in [0.4, 0.5) is 5.69 Å². The van der Waals surface area contributed by atoms with Crippen LogP contribution in [0.1, 0.15) is 10.4 Å². The zero-order valence-corrected chi connectivity index (χ0v) is 14.2. The molecule has 5 nitrogen and oxygen atoms in total. The second kappa shape index (κ2) is 5.79. The highest BCUT2D eigenvalue weighted by molar-refractivity contribution is 9.10. The van der Waals surface area contributed by atoms with E-state index in [0.29, 0.717) is 8.83 Å². The molecule has 0 amide bonds. The normalized spacial score (nSPS) is 14.5. The maximum Gasteiger partial charge on any atom is 0.323 e. The van der Waals surface area contributed by atoms with Crippen molar-refractivity contribution in [3.8, 4) is 5.88 Å². The molecule has 0 fully saturated rings. The molecular formula is C14H9BrN2O3S2. The smallest absolute Gasteiger partial charge is 0.323 e. The number of aromatic hydroxyl groups is 1. The molecule has 8 heteroatoms. The molecule has 0 spiro atoms. The lowest BCUT2D eigenvalue weighted by Crippen LogP contribution is -2.07. The first-order chi connectivity index (χ1) is 10.5. The molecule has 0 saturated heterocycles. The van der Waals surface area contributed by atoms with Crippen LogP contribution in [0, 0.1) is 3.95 Å². The Kier molecular flexibility index (Phi) is 3.98. The second-order valence-electron chi connectivity index (χ2n) is 4.56. The Hall–Kier alpha value is -1.77. The van der Waals surface area contributed by atoms with Gasteiger partial charge in [-0.2, -0.15) is 0 Å². The first-order valence-corrected chi connectivity index (χ1v) is 8.17. The SMILES string of the molecule is O=C(O)Cn1c(O)c(/C=C2/C=Nc3ccc(Br)cc32)sc1=S. The van der Waals surface area contributed by atoms with Gasteiger partial charge < -0.3 is 10.2 Å². The van der Waals surface area contributed by atoms with E-state index in [2.05, 4.69) is 20.9 Å². The molecule has 2 N–H and O–H groups in total. The van der Waals surface area contributed by atoms with Gasteiger partial charge in [-0.05, 0) is 36.5 Å². The Morgan fingerprint density at radius 3 is 3.00 bits per heavy atom. The number of benzene rings is 1. The second-order valence-corrected chi connectivity index (χ2v) is 7.15. The summed E-state index contributed by atoms with van der Waals surface area (Å²) in [4.78, 5) is 15.6. The van der Waals surface area contributed by atoms with Gasteiger partial charge in [0.25, 0.3) is 0 Å². The Morgan fingerprint density at radius 2 is 2.27 bits per heavy atom.